The second kappa shape index (κ2) is 6.47. The van der Waals surface area contributed by atoms with Gasteiger partial charge in [0.15, 0.2) is 0 Å². The Morgan fingerprint density at radius 2 is 2.26 bits per heavy atom. The van der Waals surface area contributed by atoms with Crippen molar-refractivity contribution < 1.29 is 13.6 Å². The number of amides is 1. The van der Waals surface area contributed by atoms with Crippen molar-refractivity contribution in [1.29, 1.82) is 0 Å². The van der Waals surface area contributed by atoms with Crippen LogP contribution in [0.3, 0.4) is 0 Å². The summed E-state index contributed by atoms with van der Waals surface area (Å²) in [7, 11) is 0. The van der Waals surface area contributed by atoms with Gasteiger partial charge < -0.3 is 9.88 Å². The van der Waals surface area contributed by atoms with E-state index >= 15 is 0 Å². The van der Waals surface area contributed by atoms with E-state index in [-0.39, 0.29) is 23.3 Å². The number of anilines is 1. The Bertz CT molecular complexity index is 1100. The molecule has 1 saturated carbocycles. The fourth-order valence-corrected chi connectivity index (χ4v) is 3.20. The molecule has 5 nitrogen and oxygen atoms in total. The van der Waals surface area contributed by atoms with Crippen LogP contribution in [0.2, 0.25) is 0 Å². The SMILES string of the molecule is [C-]#[N+]c1c(-c2cccn2CC)cc2cc(NC(=O)C3CC3F)ncc2c1F. The minimum absolute atomic E-state index is 0.0623. The number of nitrogens with zero attached hydrogens (tertiary/aromatic N) is 3. The lowest BCUT2D eigenvalue weighted by molar-refractivity contribution is -0.117. The smallest absolute Gasteiger partial charge is 0.231 e. The van der Waals surface area contributed by atoms with Gasteiger partial charge >= 0.3 is 0 Å². The molecule has 3 aromatic rings. The normalized spacial score (nSPS) is 18.3. The zero-order valence-corrected chi connectivity index (χ0v) is 14.5. The molecule has 2 aromatic heterocycles. The molecule has 0 radical (unpaired) electrons. The Morgan fingerprint density at radius 3 is 2.93 bits per heavy atom. The zero-order chi connectivity index (χ0) is 19.1. The number of fused-ring (bicyclic) bond motifs is 1. The van der Waals surface area contributed by atoms with Crippen LogP contribution >= 0.6 is 0 Å². The molecule has 0 bridgehead atoms. The lowest BCUT2D eigenvalue weighted by Gasteiger charge is -2.12. The molecular weight excluding hydrogens is 350 g/mol. The van der Waals surface area contributed by atoms with Gasteiger partial charge in [-0.1, -0.05) is 6.07 Å². The summed E-state index contributed by atoms with van der Waals surface area (Å²) < 4.78 is 29.9. The number of hydrogen-bond acceptors (Lipinski definition) is 2. The Hall–Kier alpha value is -3.27. The van der Waals surface area contributed by atoms with Crippen molar-refractivity contribution in [2.45, 2.75) is 26.1 Å². The molecule has 0 saturated heterocycles. The number of carbonyl (C=O) groups excluding carboxylic acids is 1. The number of carbonyl (C=O) groups is 1. The Labute approximate surface area is 154 Å². The molecule has 1 N–H and O–H groups in total. The van der Waals surface area contributed by atoms with Gasteiger partial charge in [0.05, 0.1) is 12.5 Å². The molecule has 27 heavy (non-hydrogen) atoms. The van der Waals surface area contributed by atoms with Gasteiger partial charge in [0.2, 0.25) is 11.6 Å². The minimum Gasteiger partial charge on any atom is -0.349 e. The van der Waals surface area contributed by atoms with Crippen LogP contribution in [0.1, 0.15) is 13.3 Å². The predicted octanol–water partition coefficient (Wildman–Crippen LogP) is 4.71. The van der Waals surface area contributed by atoms with Gasteiger partial charge in [-0.2, -0.15) is 0 Å². The molecule has 136 valence electrons. The number of hydrogen-bond donors (Lipinski definition) is 1. The second-order valence-corrected chi connectivity index (χ2v) is 6.52. The van der Waals surface area contributed by atoms with Crippen molar-refractivity contribution in [3.05, 3.63) is 53.9 Å². The van der Waals surface area contributed by atoms with Crippen LogP contribution in [-0.2, 0) is 11.3 Å². The van der Waals surface area contributed by atoms with Crippen LogP contribution in [0, 0.1) is 18.3 Å². The minimum atomic E-state index is -1.10. The van der Waals surface area contributed by atoms with E-state index in [4.69, 9.17) is 6.57 Å². The van der Waals surface area contributed by atoms with Gasteiger partial charge in [0.1, 0.15) is 17.8 Å². The molecule has 2 heterocycles. The van der Waals surface area contributed by atoms with Gasteiger partial charge in [-0.15, -0.1) is 0 Å². The number of benzene rings is 1. The highest BCUT2D eigenvalue weighted by atomic mass is 19.1. The van der Waals surface area contributed by atoms with Crippen molar-refractivity contribution in [1.82, 2.24) is 9.55 Å². The van der Waals surface area contributed by atoms with E-state index in [1.54, 1.807) is 12.1 Å². The molecule has 0 spiro atoms. The third-order valence-electron chi connectivity index (χ3n) is 4.79. The van der Waals surface area contributed by atoms with Crippen molar-refractivity contribution in [2.75, 3.05) is 5.32 Å². The molecule has 0 aliphatic heterocycles. The molecule has 2 atom stereocenters. The first-order valence-corrected chi connectivity index (χ1v) is 8.63. The van der Waals surface area contributed by atoms with Gasteiger partial charge in [0, 0.05) is 35.6 Å². The first-order valence-electron chi connectivity index (χ1n) is 8.63. The van der Waals surface area contributed by atoms with E-state index in [0.717, 1.165) is 5.69 Å². The number of aromatic nitrogens is 2. The fraction of sp³-hybridized carbons (Fsp3) is 0.250. The summed E-state index contributed by atoms with van der Waals surface area (Å²) >= 11 is 0. The van der Waals surface area contributed by atoms with E-state index in [2.05, 4.69) is 15.1 Å². The standard InChI is InChI=1S/C20H16F2N4O/c1-3-26-6-4-5-16(26)13-7-11-8-17(25-20(27)12-9-15(12)21)24-10-14(11)18(22)19(13)23-2/h4-8,10,12,15H,3,9H2,1H3,(H,24,25,27). The van der Waals surface area contributed by atoms with E-state index in [9.17, 15) is 13.6 Å². The van der Waals surface area contributed by atoms with Crippen LogP contribution in [0.15, 0.2) is 36.7 Å². The first-order chi connectivity index (χ1) is 13.0. The molecule has 7 heteroatoms. The first kappa shape index (κ1) is 17.2. The number of nitrogens with one attached hydrogen (secondary N) is 1. The predicted molar refractivity (Wildman–Crippen MR) is 98.7 cm³/mol. The van der Waals surface area contributed by atoms with E-state index < -0.39 is 23.8 Å². The van der Waals surface area contributed by atoms with Crippen LogP contribution in [0.25, 0.3) is 26.9 Å². The van der Waals surface area contributed by atoms with E-state index in [1.165, 1.54) is 6.20 Å². The lowest BCUT2D eigenvalue weighted by Crippen LogP contribution is -2.15. The van der Waals surface area contributed by atoms with Crippen molar-refractivity contribution in [3.8, 4) is 11.3 Å². The molecule has 1 aromatic carbocycles. The maximum atomic E-state index is 14.9. The van der Waals surface area contributed by atoms with Gasteiger partial charge in [-0.25, -0.2) is 18.6 Å². The van der Waals surface area contributed by atoms with Gasteiger partial charge in [-0.05, 0) is 36.9 Å². The molecular formula is C20H16F2N4O. The van der Waals surface area contributed by atoms with Crippen LogP contribution in [0.4, 0.5) is 20.3 Å². The summed E-state index contributed by atoms with van der Waals surface area (Å²) in [4.78, 5) is 19.3. The summed E-state index contributed by atoms with van der Waals surface area (Å²) in [6.07, 6.45) is 2.28. The molecule has 2 unspecified atom stereocenters. The summed E-state index contributed by atoms with van der Waals surface area (Å²) in [5, 5.41) is 3.28. The highest BCUT2D eigenvalue weighted by Gasteiger charge is 2.43. The third kappa shape index (κ3) is 2.93. The maximum absolute atomic E-state index is 14.9. The Balaban J connectivity index is 1.81. The molecule has 1 aliphatic carbocycles. The largest absolute Gasteiger partial charge is 0.349 e. The number of halogens is 2. The summed E-state index contributed by atoms with van der Waals surface area (Å²) in [6, 6.07) is 6.94. The summed E-state index contributed by atoms with van der Waals surface area (Å²) in [5.41, 5.74) is 1.16. The molecule has 1 amide bonds. The quantitative estimate of drug-likeness (QED) is 0.680. The topological polar surface area (TPSA) is 51.3 Å². The van der Waals surface area contributed by atoms with Crippen molar-refractivity contribution in [3.63, 3.8) is 0 Å². The average molecular weight is 366 g/mol. The van der Waals surface area contributed by atoms with E-state index in [0.29, 0.717) is 17.5 Å². The number of alkyl halides is 1. The number of aryl methyl sites for hydroxylation is 1. The van der Waals surface area contributed by atoms with Gasteiger partial charge in [-0.3, -0.25) is 4.79 Å². The number of pyridine rings is 1. The summed E-state index contributed by atoms with van der Waals surface area (Å²) in [6.45, 7) is 10.0. The Morgan fingerprint density at radius 1 is 1.48 bits per heavy atom. The van der Waals surface area contributed by atoms with E-state index in [1.807, 2.05) is 29.8 Å². The highest BCUT2D eigenvalue weighted by Crippen LogP contribution is 2.39. The zero-order valence-electron chi connectivity index (χ0n) is 14.5. The maximum Gasteiger partial charge on any atom is 0.231 e. The van der Waals surface area contributed by atoms with Crippen LogP contribution < -0.4 is 5.32 Å². The second-order valence-electron chi connectivity index (χ2n) is 6.52. The van der Waals surface area contributed by atoms with Crippen molar-refractivity contribution >= 4 is 28.2 Å². The summed E-state index contributed by atoms with van der Waals surface area (Å²) in [5.74, 6) is -1.46. The third-order valence-corrected chi connectivity index (χ3v) is 4.79. The van der Waals surface area contributed by atoms with Crippen LogP contribution in [0.5, 0.6) is 0 Å². The van der Waals surface area contributed by atoms with Crippen molar-refractivity contribution in [2.24, 2.45) is 5.92 Å². The number of rotatable bonds is 4. The van der Waals surface area contributed by atoms with Gasteiger partial charge in [0.25, 0.3) is 0 Å². The average Bonchev–Trinajstić information content (AvgIpc) is 3.21. The molecule has 4 rings (SSSR count). The monoisotopic (exact) mass is 366 g/mol. The molecule has 1 fully saturated rings. The fourth-order valence-electron chi connectivity index (χ4n) is 3.20. The Kier molecular flexibility index (Phi) is 4.11. The highest BCUT2D eigenvalue weighted by molar-refractivity contribution is 5.98. The lowest BCUT2D eigenvalue weighted by atomic mass is 10.0. The molecule has 1 aliphatic rings. The van der Waals surface area contributed by atoms with Crippen LogP contribution in [-0.4, -0.2) is 21.6 Å².